The highest BCUT2D eigenvalue weighted by molar-refractivity contribution is 5.81. The molecule has 1 aliphatic carbocycles. The Morgan fingerprint density at radius 2 is 1.97 bits per heavy atom. The van der Waals surface area contributed by atoms with E-state index in [1.165, 1.54) is 72.2 Å². The molecular weight excluding hydrogens is 358 g/mol. The third kappa shape index (κ3) is 3.86. The number of nitrogens with one attached hydrogen (secondary N) is 2. The lowest BCUT2D eigenvalue weighted by Crippen LogP contribution is -2.29. The zero-order valence-corrected chi connectivity index (χ0v) is 18.0. The summed E-state index contributed by atoms with van der Waals surface area (Å²) < 4.78 is 0. The lowest BCUT2D eigenvalue weighted by Gasteiger charge is -2.30. The number of aryl methyl sites for hydroxylation is 2. The molecule has 3 heterocycles. The van der Waals surface area contributed by atoms with Crippen LogP contribution in [0, 0.1) is 13.8 Å². The molecule has 0 amide bonds. The lowest BCUT2D eigenvalue weighted by molar-refractivity contribution is 0.189. The number of hydrogen-bond acceptors (Lipinski definition) is 3. The molecule has 5 heteroatoms. The SMILES string of the molecule is Cc1n[nH]c(C)c1C(C)N(Cc1ccc2[nH]c(CN3CCCC3)cc2c1)C1CC1. The molecule has 3 aromatic rings. The molecule has 2 N–H and O–H groups in total. The molecule has 0 radical (unpaired) electrons. The largest absolute Gasteiger partial charge is 0.357 e. The number of aromatic nitrogens is 3. The van der Waals surface area contributed by atoms with Crippen molar-refractivity contribution in [3.63, 3.8) is 0 Å². The van der Waals surface area contributed by atoms with E-state index < -0.39 is 0 Å². The van der Waals surface area contributed by atoms with Crippen molar-refractivity contribution in [1.29, 1.82) is 0 Å². The molecule has 1 atom stereocenters. The van der Waals surface area contributed by atoms with Crippen LogP contribution in [-0.4, -0.2) is 44.1 Å². The third-order valence-electron chi connectivity index (χ3n) is 6.81. The van der Waals surface area contributed by atoms with E-state index in [-0.39, 0.29) is 0 Å². The Morgan fingerprint density at radius 1 is 1.17 bits per heavy atom. The summed E-state index contributed by atoms with van der Waals surface area (Å²) in [7, 11) is 0. The molecule has 0 bridgehead atoms. The van der Waals surface area contributed by atoms with Gasteiger partial charge in [-0.15, -0.1) is 0 Å². The number of likely N-dealkylation sites (tertiary alicyclic amines) is 1. The summed E-state index contributed by atoms with van der Waals surface area (Å²) in [4.78, 5) is 8.85. The van der Waals surface area contributed by atoms with E-state index in [1.54, 1.807) is 0 Å². The first-order valence-electron chi connectivity index (χ1n) is 11.2. The molecule has 5 nitrogen and oxygen atoms in total. The Labute approximate surface area is 173 Å². The smallest absolute Gasteiger partial charge is 0.0641 e. The summed E-state index contributed by atoms with van der Waals surface area (Å²) in [5.74, 6) is 0. The zero-order chi connectivity index (χ0) is 20.0. The number of nitrogens with zero attached hydrogens (tertiary/aromatic N) is 3. The average molecular weight is 392 g/mol. The normalized spacial score (nSPS) is 18.9. The molecule has 1 saturated carbocycles. The van der Waals surface area contributed by atoms with Gasteiger partial charge in [-0.3, -0.25) is 14.9 Å². The predicted molar refractivity (Wildman–Crippen MR) is 118 cm³/mol. The molecule has 1 unspecified atom stereocenters. The molecular formula is C24H33N5. The van der Waals surface area contributed by atoms with Crippen LogP contribution < -0.4 is 0 Å². The van der Waals surface area contributed by atoms with E-state index in [0.717, 1.165) is 18.8 Å². The molecule has 5 rings (SSSR count). The molecule has 1 aliphatic heterocycles. The Balaban J connectivity index is 1.36. The fourth-order valence-electron chi connectivity index (χ4n) is 5.15. The topological polar surface area (TPSA) is 51.0 Å². The summed E-state index contributed by atoms with van der Waals surface area (Å²) in [6, 6.07) is 10.4. The Morgan fingerprint density at radius 3 is 2.66 bits per heavy atom. The van der Waals surface area contributed by atoms with Gasteiger partial charge in [-0.25, -0.2) is 0 Å². The molecule has 154 valence electrons. The van der Waals surface area contributed by atoms with Gasteiger partial charge in [0.25, 0.3) is 0 Å². The number of fused-ring (bicyclic) bond motifs is 1. The summed E-state index contributed by atoms with van der Waals surface area (Å²) in [5.41, 5.74) is 7.71. The van der Waals surface area contributed by atoms with E-state index in [4.69, 9.17) is 0 Å². The van der Waals surface area contributed by atoms with Crippen molar-refractivity contribution in [1.82, 2.24) is 25.0 Å². The number of aromatic amines is 2. The highest BCUT2D eigenvalue weighted by Crippen LogP contribution is 2.37. The standard InChI is InChI=1S/C24H33N5/c1-16-24(17(2)27-26-16)18(3)29(22-7-8-22)14-19-6-9-23-20(12-19)13-21(25-23)15-28-10-4-5-11-28/h6,9,12-13,18,22,25H,4-5,7-8,10-11,14-15H2,1-3H3,(H,26,27). The number of rotatable bonds is 7. The second kappa shape index (κ2) is 7.62. The zero-order valence-electron chi connectivity index (χ0n) is 18.0. The van der Waals surface area contributed by atoms with Gasteiger partial charge in [0.15, 0.2) is 0 Å². The van der Waals surface area contributed by atoms with Gasteiger partial charge >= 0.3 is 0 Å². The van der Waals surface area contributed by atoms with E-state index in [0.29, 0.717) is 12.1 Å². The van der Waals surface area contributed by atoms with Crippen LogP contribution in [0.25, 0.3) is 10.9 Å². The number of H-pyrrole nitrogens is 2. The highest BCUT2D eigenvalue weighted by atomic mass is 15.2. The Kier molecular flexibility index (Phi) is 4.96. The fourth-order valence-corrected chi connectivity index (χ4v) is 5.15. The van der Waals surface area contributed by atoms with E-state index in [2.05, 4.69) is 70.0 Å². The van der Waals surface area contributed by atoms with Crippen molar-refractivity contribution < 1.29 is 0 Å². The van der Waals surface area contributed by atoms with Gasteiger partial charge in [-0.2, -0.15) is 5.10 Å². The maximum atomic E-state index is 4.43. The van der Waals surface area contributed by atoms with Gasteiger partial charge in [0.05, 0.1) is 5.69 Å². The van der Waals surface area contributed by atoms with Crippen LogP contribution in [0.15, 0.2) is 24.3 Å². The first kappa shape index (κ1) is 18.9. The first-order valence-corrected chi connectivity index (χ1v) is 11.2. The van der Waals surface area contributed by atoms with Crippen molar-refractivity contribution in [2.24, 2.45) is 0 Å². The van der Waals surface area contributed by atoms with E-state index in [1.807, 2.05) is 0 Å². The lowest BCUT2D eigenvalue weighted by atomic mass is 10.0. The van der Waals surface area contributed by atoms with Crippen LogP contribution >= 0.6 is 0 Å². The van der Waals surface area contributed by atoms with Crippen LogP contribution in [0.4, 0.5) is 0 Å². The van der Waals surface area contributed by atoms with Gasteiger partial charge < -0.3 is 4.98 Å². The summed E-state index contributed by atoms with van der Waals surface area (Å²) >= 11 is 0. The first-order chi connectivity index (χ1) is 14.1. The molecule has 0 spiro atoms. The minimum absolute atomic E-state index is 0.383. The molecule has 1 saturated heterocycles. The minimum atomic E-state index is 0.383. The summed E-state index contributed by atoms with van der Waals surface area (Å²) in [6.07, 6.45) is 5.31. The van der Waals surface area contributed by atoms with Gasteiger partial charge in [0, 0.05) is 53.0 Å². The second-order valence-corrected chi connectivity index (χ2v) is 9.13. The van der Waals surface area contributed by atoms with Crippen molar-refractivity contribution >= 4 is 10.9 Å². The van der Waals surface area contributed by atoms with E-state index in [9.17, 15) is 0 Å². The van der Waals surface area contributed by atoms with Crippen molar-refractivity contribution in [2.45, 2.75) is 71.6 Å². The Hall–Kier alpha value is -2.11. The van der Waals surface area contributed by atoms with E-state index >= 15 is 0 Å². The molecule has 1 aromatic carbocycles. The number of hydrogen-bond donors (Lipinski definition) is 2. The monoisotopic (exact) mass is 391 g/mol. The van der Waals surface area contributed by atoms with Crippen LogP contribution in [0.5, 0.6) is 0 Å². The predicted octanol–water partition coefficient (Wildman–Crippen LogP) is 4.83. The maximum absolute atomic E-state index is 4.43. The molecule has 2 aromatic heterocycles. The van der Waals surface area contributed by atoms with Crippen molar-refractivity contribution in [3.05, 3.63) is 52.5 Å². The summed E-state index contributed by atoms with van der Waals surface area (Å²) in [6.45, 7) is 11.1. The summed E-state index contributed by atoms with van der Waals surface area (Å²) in [5, 5.41) is 8.94. The van der Waals surface area contributed by atoms with Crippen LogP contribution in [0.3, 0.4) is 0 Å². The quantitative estimate of drug-likeness (QED) is 0.606. The molecule has 2 fully saturated rings. The maximum Gasteiger partial charge on any atom is 0.0641 e. The van der Waals surface area contributed by atoms with Gasteiger partial charge in [-0.05, 0) is 83.3 Å². The molecule has 29 heavy (non-hydrogen) atoms. The third-order valence-corrected chi connectivity index (χ3v) is 6.81. The van der Waals surface area contributed by atoms with Crippen molar-refractivity contribution in [3.8, 4) is 0 Å². The van der Waals surface area contributed by atoms with Gasteiger partial charge in [0.2, 0.25) is 0 Å². The van der Waals surface area contributed by atoms with Crippen molar-refractivity contribution in [2.75, 3.05) is 13.1 Å². The number of benzene rings is 1. The van der Waals surface area contributed by atoms with Crippen LogP contribution in [-0.2, 0) is 13.1 Å². The molecule has 2 aliphatic rings. The fraction of sp³-hybridized carbons (Fsp3) is 0.542. The Bertz CT molecular complexity index is 971. The second-order valence-electron chi connectivity index (χ2n) is 9.13. The van der Waals surface area contributed by atoms with Gasteiger partial charge in [-0.1, -0.05) is 6.07 Å². The highest BCUT2D eigenvalue weighted by Gasteiger charge is 2.34. The van der Waals surface area contributed by atoms with Crippen LogP contribution in [0.2, 0.25) is 0 Å². The van der Waals surface area contributed by atoms with Crippen LogP contribution in [0.1, 0.15) is 66.9 Å². The average Bonchev–Trinajstić information content (AvgIpc) is 3.09. The minimum Gasteiger partial charge on any atom is -0.357 e. The van der Waals surface area contributed by atoms with Gasteiger partial charge in [0.1, 0.15) is 0 Å².